The van der Waals surface area contributed by atoms with E-state index >= 15 is 0 Å². The Balaban J connectivity index is 1.80. The van der Waals surface area contributed by atoms with Crippen molar-refractivity contribution in [1.82, 2.24) is 25.1 Å². The normalized spacial score (nSPS) is 12.1. The van der Waals surface area contributed by atoms with Crippen molar-refractivity contribution in [3.05, 3.63) is 60.4 Å². The molecule has 0 aliphatic heterocycles. The number of nitrogens with zero attached hydrogens (tertiary/aromatic N) is 4. The molecule has 0 aliphatic carbocycles. The smallest absolute Gasteiger partial charge is 0.230 e. The summed E-state index contributed by atoms with van der Waals surface area (Å²) in [4.78, 5) is 16.4. The molecule has 3 aromatic rings. The molecule has 0 saturated heterocycles. The number of hydrogen-bond acceptors (Lipinski definition) is 5. The van der Waals surface area contributed by atoms with E-state index < -0.39 is 0 Å². The third kappa shape index (κ3) is 5.19. The molecule has 0 fully saturated rings. The van der Waals surface area contributed by atoms with Crippen LogP contribution in [0.1, 0.15) is 26.3 Å². The molecule has 6 nitrogen and oxygen atoms in total. The minimum absolute atomic E-state index is 0.00548. The van der Waals surface area contributed by atoms with Gasteiger partial charge in [0.25, 0.3) is 0 Å². The number of pyridine rings is 1. The maximum absolute atomic E-state index is 12.3. The lowest BCUT2D eigenvalue weighted by Gasteiger charge is -2.17. The number of amides is 1. The molecule has 146 valence electrons. The quantitative estimate of drug-likeness (QED) is 0.590. The van der Waals surface area contributed by atoms with Crippen molar-refractivity contribution < 1.29 is 4.79 Å². The summed E-state index contributed by atoms with van der Waals surface area (Å²) in [6, 6.07) is 14.1. The Hall–Kier alpha value is -2.67. The highest BCUT2D eigenvalue weighted by Crippen LogP contribution is 2.24. The second kappa shape index (κ2) is 9.50. The SMILES string of the molecule is CC(C)C(C)NC(=O)CSc1nnc(-c2ccncc2)n1Cc1ccccc1. The average molecular weight is 396 g/mol. The van der Waals surface area contributed by atoms with E-state index in [9.17, 15) is 4.79 Å². The van der Waals surface area contributed by atoms with E-state index in [0.717, 1.165) is 22.1 Å². The topological polar surface area (TPSA) is 72.7 Å². The summed E-state index contributed by atoms with van der Waals surface area (Å²) in [6.07, 6.45) is 3.48. The molecule has 2 heterocycles. The van der Waals surface area contributed by atoms with E-state index in [1.165, 1.54) is 11.8 Å². The Morgan fingerprint density at radius 1 is 1.07 bits per heavy atom. The maximum atomic E-state index is 12.3. The molecule has 1 unspecified atom stereocenters. The molecule has 2 aromatic heterocycles. The first-order chi connectivity index (χ1) is 13.5. The van der Waals surface area contributed by atoms with Crippen LogP contribution in [0.4, 0.5) is 0 Å². The molecule has 0 bridgehead atoms. The number of hydrogen-bond donors (Lipinski definition) is 1. The largest absolute Gasteiger partial charge is 0.353 e. The van der Waals surface area contributed by atoms with Gasteiger partial charge in [0.2, 0.25) is 5.91 Å². The molecular formula is C21H25N5OS. The second-order valence-corrected chi connectivity index (χ2v) is 7.95. The molecule has 3 rings (SSSR count). The molecule has 1 amide bonds. The Kier molecular flexibility index (Phi) is 6.81. The predicted molar refractivity (Wildman–Crippen MR) is 112 cm³/mol. The first-order valence-electron chi connectivity index (χ1n) is 9.34. The summed E-state index contributed by atoms with van der Waals surface area (Å²) < 4.78 is 2.05. The van der Waals surface area contributed by atoms with Gasteiger partial charge in [0.05, 0.1) is 12.3 Å². The van der Waals surface area contributed by atoms with Crippen LogP contribution in [-0.4, -0.2) is 37.5 Å². The summed E-state index contributed by atoms with van der Waals surface area (Å²) >= 11 is 1.41. The fourth-order valence-corrected chi connectivity index (χ4v) is 3.36. The van der Waals surface area contributed by atoms with Gasteiger partial charge in [-0.1, -0.05) is 55.9 Å². The van der Waals surface area contributed by atoms with Crippen LogP contribution in [0.2, 0.25) is 0 Å². The molecule has 1 N–H and O–H groups in total. The molecule has 1 aromatic carbocycles. The van der Waals surface area contributed by atoms with Crippen LogP contribution < -0.4 is 5.32 Å². The fraction of sp³-hybridized carbons (Fsp3) is 0.333. The van der Waals surface area contributed by atoms with Gasteiger partial charge in [0.1, 0.15) is 0 Å². The second-order valence-electron chi connectivity index (χ2n) is 7.00. The molecule has 0 spiro atoms. The van der Waals surface area contributed by atoms with Gasteiger partial charge >= 0.3 is 0 Å². The van der Waals surface area contributed by atoms with E-state index in [1.807, 2.05) is 37.3 Å². The van der Waals surface area contributed by atoms with Gasteiger partial charge in [-0.3, -0.25) is 14.3 Å². The number of benzene rings is 1. The highest BCUT2D eigenvalue weighted by molar-refractivity contribution is 7.99. The molecule has 0 saturated carbocycles. The standard InChI is InChI=1S/C21H25N5OS/c1-15(2)16(3)23-19(27)14-28-21-25-24-20(18-9-11-22-12-10-18)26(21)13-17-7-5-4-6-8-17/h4-12,15-16H,13-14H2,1-3H3,(H,23,27). The van der Waals surface area contributed by atoms with Gasteiger partial charge in [0.15, 0.2) is 11.0 Å². The lowest BCUT2D eigenvalue weighted by Crippen LogP contribution is -2.37. The van der Waals surface area contributed by atoms with Crippen molar-refractivity contribution >= 4 is 17.7 Å². The fourth-order valence-electron chi connectivity index (χ4n) is 2.61. The molecule has 28 heavy (non-hydrogen) atoms. The first kappa shape index (κ1) is 20.1. The third-order valence-corrected chi connectivity index (χ3v) is 5.53. The van der Waals surface area contributed by atoms with Gasteiger partial charge in [-0.05, 0) is 30.5 Å². The number of carbonyl (C=O) groups is 1. The van der Waals surface area contributed by atoms with Crippen molar-refractivity contribution in [3.63, 3.8) is 0 Å². The minimum atomic E-state index is 0.00548. The van der Waals surface area contributed by atoms with E-state index in [4.69, 9.17) is 0 Å². The summed E-state index contributed by atoms with van der Waals surface area (Å²) in [5, 5.41) is 12.5. The summed E-state index contributed by atoms with van der Waals surface area (Å²) in [6.45, 7) is 6.84. The van der Waals surface area contributed by atoms with Crippen molar-refractivity contribution in [2.45, 2.75) is 38.5 Å². The summed E-state index contributed by atoms with van der Waals surface area (Å²) in [5.74, 6) is 1.48. The molecule has 0 aliphatic rings. The van der Waals surface area contributed by atoms with Gasteiger partial charge < -0.3 is 5.32 Å². The van der Waals surface area contributed by atoms with Crippen LogP contribution >= 0.6 is 11.8 Å². The number of rotatable bonds is 8. The number of aromatic nitrogens is 4. The van der Waals surface area contributed by atoms with E-state index in [-0.39, 0.29) is 11.9 Å². The average Bonchev–Trinajstić information content (AvgIpc) is 3.10. The highest BCUT2D eigenvalue weighted by Gasteiger charge is 2.17. The van der Waals surface area contributed by atoms with Crippen LogP contribution in [0.3, 0.4) is 0 Å². The van der Waals surface area contributed by atoms with Gasteiger partial charge in [0, 0.05) is 24.0 Å². The first-order valence-corrected chi connectivity index (χ1v) is 10.3. The number of carbonyl (C=O) groups excluding carboxylic acids is 1. The zero-order valence-corrected chi connectivity index (χ0v) is 17.2. The van der Waals surface area contributed by atoms with Gasteiger partial charge in [-0.15, -0.1) is 10.2 Å². The molecule has 0 radical (unpaired) electrons. The third-order valence-electron chi connectivity index (χ3n) is 4.56. The maximum Gasteiger partial charge on any atom is 0.230 e. The minimum Gasteiger partial charge on any atom is -0.353 e. The zero-order valence-electron chi connectivity index (χ0n) is 16.4. The summed E-state index contributed by atoms with van der Waals surface area (Å²) in [5.41, 5.74) is 2.10. The van der Waals surface area contributed by atoms with Crippen molar-refractivity contribution in [1.29, 1.82) is 0 Å². The van der Waals surface area contributed by atoms with Crippen LogP contribution in [0.15, 0.2) is 60.0 Å². The Morgan fingerprint density at radius 3 is 2.46 bits per heavy atom. The summed E-state index contributed by atoms with van der Waals surface area (Å²) in [7, 11) is 0. The number of nitrogens with one attached hydrogen (secondary N) is 1. The van der Waals surface area contributed by atoms with Gasteiger partial charge in [-0.2, -0.15) is 0 Å². The van der Waals surface area contributed by atoms with E-state index in [2.05, 4.69) is 51.0 Å². The van der Waals surface area contributed by atoms with E-state index in [1.54, 1.807) is 12.4 Å². The van der Waals surface area contributed by atoms with Gasteiger partial charge in [-0.25, -0.2) is 0 Å². The Morgan fingerprint density at radius 2 is 1.79 bits per heavy atom. The monoisotopic (exact) mass is 395 g/mol. The van der Waals surface area contributed by atoms with E-state index in [0.29, 0.717) is 18.2 Å². The van der Waals surface area contributed by atoms with Crippen molar-refractivity contribution in [3.8, 4) is 11.4 Å². The zero-order chi connectivity index (χ0) is 19.9. The highest BCUT2D eigenvalue weighted by atomic mass is 32.2. The molecule has 7 heteroatoms. The van der Waals surface area contributed by atoms with Crippen molar-refractivity contribution in [2.75, 3.05) is 5.75 Å². The Bertz CT molecular complexity index is 896. The van der Waals surface area contributed by atoms with Crippen molar-refractivity contribution in [2.24, 2.45) is 5.92 Å². The molecule has 1 atom stereocenters. The van der Waals surface area contributed by atoms with Crippen LogP contribution in [-0.2, 0) is 11.3 Å². The molecular weight excluding hydrogens is 370 g/mol. The van der Waals surface area contributed by atoms with Crippen LogP contribution in [0.5, 0.6) is 0 Å². The number of thioether (sulfide) groups is 1. The van der Waals surface area contributed by atoms with Crippen LogP contribution in [0, 0.1) is 5.92 Å². The predicted octanol–water partition coefficient (Wildman–Crippen LogP) is 3.64. The van der Waals surface area contributed by atoms with Crippen LogP contribution in [0.25, 0.3) is 11.4 Å². The Labute approximate surface area is 169 Å². The lowest BCUT2D eigenvalue weighted by atomic mass is 10.1. The lowest BCUT2D eigenvalue weighted by molar-refractivity contribution is -0.119.